The molecule has 4 heteroatoms. The normalized spacial score (nSPS) is 11.9. The minimum atomic E-state index is -1.23. The Morgan fingerprint density at radius 3 is 2.43 bits per heavy atom. The van der Waals surface area contributed by atoms with Crippen LogP contribution in [0.1, 0.15) is 11.7 Å². The molecule has 3 aromatic rings. The van der Waals surface area contributed by atoms with Gasteiger partial charge in [0.15, 0.2) is 6.10 Å². The number of ether oxygens (including phenoxy) is 1. The molecular weight excluding hydrogens is 290 g/mol. The van der Waals surface area contributed by atoms with Crippen molar-refractivity contribution in [2.45, 2.75) is 6.10 Å². The fourth-order valence-corrected chi connectivity index (χ4v) is 2.52. The van der Waals surface area contributed by atoms with E-state index in [9.17, 15) is 9.90 Å². The van der Waals surface area contributed by atoms with Crippen LogP contribution in [0.5, 0.6) is 5.75 Å². The zero-order valence-electron chi connectivity index (χ0n) is 12.7. The van der Waals surface area contributed by atoms with E-state index in [0.717, 1.165) is 10.8 Å². The van der Waals surface area contributed by atoms with E-state index in [0.29, 0.717) is 17.0 Å². The first-order chi connectivity index (χ1) is 11.2. The van der Waals surface area contributed by atoms with E-state index >= 15 is 0 Å². The first-order valence-electron chi connectivity index (χ1n) is 7.29. The van der Waals surface area contributed by atoms with Crippen molar-refractivity contribution in [1.29, 1.82) is 0 Å². The molecule has 1 atom stereocenters. The molecule has 0 aliphatic rings. The molecule has 0 spiro atoms. The number of fused-ring (bicyclic) bond motifs is 1. The van der Waals surface area contributed by atoms with Crippen LogP contribution in [0.4, 0.5) is 5.69 Å². The number of aliphatic hydroxyl groups is 1. The first kappa shape index (κ1) is 15.1. The molecule has 1 unspecified atom stereocenters. The largest absolute Gasteiger partial charge is 0.497 e. The van der Waals surface area contributed by atoms with Gasteiger partial charge in [0, 0.05) is 5.69 Å². The van der Waals surface area contributed by atoms with Crippen molar-refractivity contribution in [3.63, 3.8) is 0 Å². The van der Waals surface area contributed by atoms with Gasteiger partial charge in [-0.25, -0.2) is 0 Å². The maximum atomic E-state index is 12.3. The van der Waals surface area contributed by atoms with E-state index in [1.165, 1.54) is 0 Å². The van der Waals surface area contributed by atoms with E-state index in [-0.39, 0.29) is 0 Å². The highest BCUT2D eigenvalue weighted by Gasteiger charge is 2.19. The molecule has 3 aromatic carbocycles. The molecule has 0 aromatic heterocycles. The third-order valence-electron chi connectivity index (χ3n) is 3.72. The highest BCUT2D eigenvalue weighted by atomic mass is 16.5. The molecule has 0 fully saturated rings. The van der Waals surface area contributed by atoms with Gasteiger partial charge < -0.3 is 15.2 Å². The minimum Gasteiger partial charge on any atom is -0.497 e. The Morgan fingerprint density at radius 2 is 1.70 bits per heavy atom. The molecule has 2 N–H and O–H groups in total. The standard InChI is InChI=1S/C19H17NO3/c1-23-15-11-9-14(10-12-15)20-19(22)18(21)17-8-4-6-13-5-2-3-7-16(13)17/h2-12,18,21H,1H3,(H,20,22). The second-order valence-electron chi connectivity index (χ2n) is 5.19. The summed E-state index contributed by atoms with van der Waals surface area (Å²) < 4.78 is 5.08. The summed E-state index contributed by atoms with van der Waals surface area (Å²) in [5.41, 5.74) is 1.20. The summed E-state index contributed by atoms with van der Waals surface area (Å²) in [7, 11) is 1.58. The number of benzene rings is 3. The van der Waals surface area contributed by atoms with E-state index in [1.807, 2.05) is 36.4 Å². The first-order valence-corrected chi connectivity index (χ1v) is 7.29. The van der Waals surface area contributed by atoms with Crippen molar-refractivity contribution >= 4 is 22.4 Å². The molecule has 0 bridgehead atoms. The van der Waals surface area contributed by atoms with Crippen LogP contribution in [0.15, 0.2) is 66.7 Å². The number of hydrogen-bond donors (Lipinski definition) is 2. The fraction of sp³-hybridized carbons (Fsp3) is 0.105. The number of hydrogen-bond acceptors (Lipinski definition) is 3. The summed E-state index contributed by atoms with van der Waals surface area (Å²) in [4.78, 5) is 12.3. The van der Waals surface area contributed by atoms with E-state index in [1.54, 1.807) is 37.4 Å². The van der Waals surface area contributed by atoms with Crippen molar-refractivity contribution in [3.8, 4) is 5.75 Å². The van der Waals surface area contributed by atoms with Gasteiger partial charge in [0.05, 0.1) is 7.11 Å². The smallest absolute Gasteiger partial charge is 0.257 e. The molecule has 0 radical (unpaired) electrons. The lowest BCUT2D eigenvalue weighted by molar-refractivity contribution is -0.124. The summed E-state index contributed by atoms with van der Waals surface area (Å²) >= 11 is 0. The maximum Gasteiger partial charge on any atom is 0.257 e. The molecule has 3 rings (SSSR count). The van der Waals surface area contributed by atoms with Gasteiger partial charge in [-0.05, 0) is 40.6 Å². The predicted molar refractivity (Wildman–Crippen MR) is 90.5 cm³/mol. The zero-order valence-corrected chi connectivity index (χ0v) is 12.7. The topological polar surface area (TPSA) is 58.6 Å². The van der Waals surface area contributed by atoms with Crippen LogP contribution in [0.2, 0.25) is 0 Å². The summed E-state index contributed by atoms with van der Waals surface area (Å²) in [5, 5.41) is 15.0. The number of aliphatic hydroxyl groups excluding tert-OH is 1. The highest BCUT2D eigenvalue weighted by molar-refractivity contribution is 5.98. The quantitative estimate of drug-likeness (QED) is 0.775. The van der Waals surface area contributed by atoms with Gasteiger partial charge in [0.2, 0.25) is 0 Å². The number of carbonyl (C=O) groups excluding carboxylic acids is 1. The number of amides is 1. The third kappa shape index (κ3) is 3.17. The zero-order chi connectivity index (χ0) is 16.2. The van der Waals surface area contributed by atoms with Crippen LogP contribution in [0.25, 0.3) is 10.8 Å². The van der Waals surface area contributed by atoms with Gasteiger partial charge in [0.25, 0.3) is 5.91 Å². The number of methoxy groups -OCH3 is 1. The van der Waals surface area contributed by atoms with Gasteiger partial charge in [-0.3, -0.25) is 4.79 Å². The van der Waals surface area contributed by atoms with Crippen molar-refractivity contribution in [1.82, 2.24) is 0 Å². The molecule has 0 heterocycles. The van der Waals surface area contributed by atoms with Gasteiger partial charge in [-0.2, -0.15) is 0 Å². The van der Waals surface area contributed by atoms with E-state index < -0.39 is 12.0 Å². The molecule has 4 nitrogen and oxygen atoms in total. The molecular formula is C19H17NO3. The summed E-state index contributed by atoms with van der Waals surface area (Å²) in [6.07, 6.45) is -1.23. The lowest BCUT2D eigenvalue weighted by Gasteiger charge is -2.14. The average molecular weight is 307 g/mol. The highest BCUT2D eigenvalue weighted by Crippen LogP contribution is 2.25. The molecule has 0 saturated heterocycles. The number of carbonyl (C=O) groups is 1. The van der Waals surface area contributed by atoms with Crippen LogP contribution in [-0.2, 0) is 4.79 Å². The van der Waals surface area contributed by atoms with Crippen molar-refractivity contribution in [2.75, 3.05) is 12.4 Å². The van der Waals surface area contributed by atoms with Gasteiger partial charge in [-0.15, -0.1) is 0 Å². The molecule has 1 amide bonds. The molecule has 23 heavy (non-hydrogen) atoms. The second kappa shape index (κ2) is 6.50. The van der Waals surface area contributed by atoms with Crippen molar-refractivity contribution in [3.05, 3.63) is 72.3 Å². The second-order valence-corrected chi connectivity index (χ2v) is 5.19. The Kier molecular flexibility index (Phi) is 4.26. The average Bonchev–Trinajstić information content (AvgIpc) is 2.61. The number of nitrogens with one attached hydrogen (secondary N) is 1. The van der Waals surface area contributed by atoms with Crippen molar-refractivity contribution < 1.29 is 14.6 Å². The Morgan fingerprint density at radius 1 is 1.00 bits per heavy atom. The summed E-state index contributed by atoms with van der Waals surface area (Å²) in [6.45, 7) is 0. The Hall–Kier alpha value is -2.85. The third-order valence-corrected chi connectivity index (χ3v) is 3.72. The lowest BCUT2D eigenvalue weighted by atomic mass is 10.00. The summed E-state index contributed by atoms with van der Waals surface area (Å²) in [6, 6.07) is 20.2. The minimum absolute atomic E-state index is 0.466. The molecule has 0 aliphatic carbocycles. The molecule has 0 aliphatic heterocycles. The van der Waals surface area contributed by atoms with Gasteiger partial charge in [0.1, 0.15) is 5.75 Å². The predicted octanol–water partition coefficient (Wildman–Crippen LogP) is 3.52. The van der Waals surface area contributed by atoms with Gasteiger partial charge in [-0.1, -0.05) is 42.5 Å². The Labute approximate surface area is 134 Å². The number of rotatable bonds is 4. The van der Waals surface area contributed by atoms with Gasteiger partial charge >= 0.3 is 0 Å². The maximum absolute atomic E-state index is 12.3. The monoisotopic (exact) mass is 307 g/mol. The van der Waals surface area contributed by atoms with Crippen LogP contribution in [0, 0.1) is 0 Å². The Balaban J connectivity index is 1.83. The van der Waals surface area contributed by atoms with Crippen LogP contribution < -0.4 is 10.1 Å². The van der Waals surface area contributed by atoms with Crippen molar-refractivity contribution in [2.24, 2.45) is 0 Å². The van der Waals surface area contributed by atoms with Crippen LogP contribution in [0.3, 0.4) is 0 Å². The number of anilines is 1. The lowest BCUT2D eigenvalue weighted by Crippen LogP contribution is -2.21. The van der Waals surface area contributed by atoms with Crippen LogP contribution in [-0.4, -0.2) is 18.1 Å². The van der Waals surface area contributed by atoms with Crippen LogP contribution >= 0.6 is 0 Å². The fourth-order valence-electron chi connectivity index (χ4n) is 2.52. The Bertz CT molecular complexity index is 822. The molecule has 116 valence electrons. The SMILES string of the molecule is COc1ccc(NC(=O)C(O)c2cccc3ccccc23)cc1. The van der Waals surface area contributed by atoms with E-state index in [2.05, 4.69) is 5.32 Å². The summed E-state index contributed by atoms with van der Waals surface area (Å²) in [5.74, 6) is 0.240. The van der Waals surface area contributed by atoms with E-state index in [4.69, 9.17) is 4.74 Å². The molecule has 0 saturated carbocycles.